The van der Waals surface area contributed by atoms with Gasteiger partial charge < -0.3 is 4.42 Å². The third-order valence-corrected chi connectivity index (χ3v) is 20.9. The summed E-state index contributed by atoms with van der Waals surface area (Å²) in [6.07, 6.45) is 1.65. The van der Waals surface area contributed by atoms with E-state index in [-0.39, 0.29) is 0 Å². The van der Waals surface area contributed by atoms with Crippen molar-refractivity contribution in [3.05, 3.63) is 351 Å². The normalized spacial score (nSPS) is 11.1. The van der Waals surface area contributed by atoms with Gasteiger partial charge in [-0.3, -0.25) is 0 Å². The molecule has 13 nitrogen and oxygen atoms in total. The van der Waals surface area contributed by atoms with Gasteiger partial charge in [-0.15, -0.1) is 34.0 Å². The zero-order valence-corrected chi connectivity index (χ0v) is 59.9. The third-order valence-electron chi connectivity index (χ3n) is 18.1. The highest BCUT2D eigenvalue weighted by molar-refractivity contribution is 7.21. The quantitative estimate of drug-likeness (QED) is 0.107. The Balaban J connectivity index is 0.000000115. The molecule has 0 saturated heterocycles. The van der Waals surface area contributed by atoms with E-state index in [0.717, 1.165) is 149 Å². The van der Waals surface area contributed by atoms with Crippen LogP contribution in [-0.4, -0.2) is 59.8 Å². The number of nitrogens with zero attached hydrogens (tertiary/aromatic N) is 12. The van der Waals surface area contributed by atoms with Crippen LogP contribution in [0.15, 0.2) is 355 Å². The molecule has 0 bridgehead atoms. The van der Waals surface area contributed by atoms with Crippen molar-refractivity contribution < 1.29 is 4.42 Å². The van der Waals surface area contributed by atoms with Gasteiger partial charge in [0.25, 0.3) is 0 Å². The summed E-state index contributed by atoms with van der Waals surface area (Å²) >= 11 is 5.02. The molecule has 16 heteroatoms. The predicted molar refractivity (Wildman–Crippen MR) is 439 cm³/mol. The fraction of sp³-hybridized carbons (Fsp3) is 0. The minimum Gasteiger partial charge on any atom is -0.460 e. The van der Waals surface area contributed by atoms with Crippen molar-refractivity contribution in [2.45, 2.75) is 0 Å². The standard InChI is InChI=1S/C34H22N4S.C33H21N5O.C25H15N3S2/c1-4-10-23(11-5-1)29-22-30(24-12-6-2-7-13-24)37-33(36-29)27-18-16-25(17-19-27)31-32-28(20-21-39-32)35-34(38-31)26-14-8-3-9-15-26;1-4-10-23(11-5-1)30-34-27-20-21-39-29(27)28(35-30)22-16-18-26(19-17-22)33-37-31(24-12-6-2-7-13-24)36-32(38-33)25-14-8-3-9-15-25;1-2-6-16(7-3-1)22-19-14-15-29-25(19)28-23(27-22)17-10-12-18(13-11-17)24-26-20-8-4-5-9-21(20)30-24/h1-22H;1-21H;1-15H. The second-order valence-electron chi connectivity index (χ2n) is 25.1. The lowest BCUT2D eigenvalue weighted by Crippen LogP contribution is -2.00. The van der Waals surface area contributed by atoms with Gasteiger partial charge in [-0.25, -0.2) is 59.8 Å². The van der Waals surface area contributed by atoms with Gasteiger partial charge >= 0.3 is 0 Å². The van der Waals surface area contributed by atoms with Crippen molar-refractivity contribution in [2.75, 3.05) is 0 Å². The van der Waals surface area contributed by atoms with Crippen molar-refractivity contribution >= 4 is 75.8 Å². The van der Waals surface area contributed by atoms with Gasteiger partial charge in [0.1, 0.15) is 21.0 Å². The lowest BCUT2D eigenvalue weighted by atomic mass is 10.1. The van der Waals surface area contributed by atoms with Crippen LogP contribution in [0.4, 0.5) is 0 Å². The van der Waals surface area contributed by atoms with Crippen LogP contribution < -0.4 is 0 Å². The molecule has 0 saturated carbocycles. The van der Waals surface area contributed by atoms with Gasteiger partial charge in [-0.2, -0.15) is 0 Å². The Hall–Kier alpha value is -13.9. The fourth-order valence-corrected chi connectivity index (χ4v) is 15.3. The van der Waals surface area contributed by atoms with Crippen LogP contribution in [-0.2, 0) is 0 Å². The number of hydrogen-bond donors (Lipinski definition) is 0. The molecule has 11 aromatic carbocycles. The summed E-state index contributed by atoms with van der Waals surface area (Å²) in [5.41, 5.74) is 20.8. The molecule has 0 aliphatic heterocycles. The number of hydrogen-bond acceptors (Lipinski definition) is 16. The first kappa shape index (κ1) is 66.1. The molecule has 0 radical (unpaired) electrons. The second kappa shape index (κ2) is 30.1. The highest BCUT2D eigenvalue weighted by Crippen LogP contribution is 2.39. The minimum atomic E-state index is 0.602. The SMILES string of the molecule is c1ccc(-c2cc(-c3ccccc3)nc(-c3ccc(-c4nc(-c5ccccc5)nc5ccsc45)cc3)n2)cc1.c1ccc(-c2nc(-c3ccc(-c4nc5ccccc5s4)cc3)nc3sccc23)cc1.c1ccc(-c2nc(-c3ccccc3)nc(-c3ccc(-c4nc(-c5ccccc5)nc5ccoc45)cc3)n2)cc1. The Morgan fingerprint density at radius 1 is 0.231 bits per heavy atom. The molecule has 20 rings (SSSR count). The third kappa shape index (κ3) is 14.1. The smallest absolute Gasteiger partial charge is 0.178 e. The largest absolute Gasteiger partial charge is 0.460 e. The molecule has 0 amide bonds. The molecule has 510 valence electrons. The monoisotopic (exact) mass is 1440 g/mol. The number of rotatable bonds is 13. The van der Waals surface area contributed by atoms with E-state index in [0.29, 0.717) is 34.7 Å². The van der Waals surface area contributed by atoms with E-state index in [1.165, 1.54) is 4.70 Å². The van der Waals surface area contributed by atoms with Crippen molar-refractivity contribution in [3.63, 3.8) is 0 Å². The first-order valence-electron chi connectivity index (χ1n) is 35.0. The molecule has 9 heterocycles. The minimum absolute atomic E-state index is 0.602. The van der Waals surface area contributed by atoms with E-state index in [4.69, 9.17) is 64.2 Å². The van der Waals surface area contributed by atoms with E-state index in [1.807, 2.05) is 212 Å². The van der Waals surface area contributed by atoms with E-state index >= 15 is 0 Å². The fourth-order valence-electron chi connectivity index (χ4n) is 12.7. The Morgan fingerprint density at radius 3 is 1.11 bits per heavy atom. The summed E-state index contributed by atoms with van der Waals surface area (Å²) in [6, 6.07) is 112. The van der Waals surface area contributed by atoms with Crippen LogP contribution in [0.2, 0.25) is 0 Å². The van der Waals surface area contributed by atoms with Gasteiger partial charge in [0, 0.05) is 83.8 Å². The van der Waals surface area contributed by atoms with Gasteiger partial charge in [-0.1, -0.05) is 297 Å². The van der Waals surface area contributed by atoms with Crippen molar-refractivity contribution in [2.24, 2.45) is 0 Å². The highest BCUT2D eigenvalue weighted by atomic mass is 32.1. The molecule has 0 aliphatic carbocycles. The number of thiophene rings is 2. The van der Waals surface area contributed by atoms with Crippen molar-refractivity contribution in [3.8, 4) is 147 Å². The molecule has 0 atom stereocenters. The average Bonchev–Trinajstić information content (AvgIpc) is 1.37. The lowest BCUT2D eigenvalue weighted by Gasteiger charge is -2.10. The van der Waals surface area contributed by atoms with E-state index in [9.17, 15) is 0 Å². The summed E-state index contributed by atoms with van der Waals surface area (Å²) in [6.45, 7) is 0. The molecule has 0 spiro atoms. The summed E-state index contributed by atoms with van der Waals surface area (Å²) in [4.78, 5) is 59.3. The Kier molecular flexibility index (Phi) is 18.4. The molecule has 0 unspecified atom stereocenters. The lowest BCUT2D eigenvalue weighted by molar-refractivity contribution is 0.615. The maximum Gasteiger partial charge on any atom is 0.178 e. The van der Waals surface area contributed by atoms with Gasteiger partial charge in [-0.05, 0) is 41.1 Å². The second-order valence-corrected chi connectivity index (χ2v) is 28.0. The van der Waals surface area contributed by atoms with E-state index < -0.39 is 0 Å². The highest BCUT2D eigenvalue weighted by Gasteiger charge is 2.20. The van der Waals surface area contributed by atoms with Crippen LogP contribution in [0.3, 0.4) is 0 Å². The van der Waals surface area contributed by atoms with Crippen LogP contribution in [0, 0.1) is 0 Å². The number of para-hydroxylation sites is 1. The summed E-state index contributed by atoms with van der Waals surface area (Å²) in [5, 5.41) is 6.27. The Morgan fingerprint density at radius 2 is 0.602 bits per heavy atom. The zero-order chi connectivity index (χ0) is 72.0. The van der Waals surface area contributed by atoms with Crippen molar-refractivity contribution in [1.29, 1.82) is 0 Å². The van der Waals surface area contributed by atoms with Gasteiger partial charge in [0.05, 0.1) is 49.5 Å². The first-order valence-corrected chi connectivity index (χ1v) is 37.5. The zero-order valence-electron chi connectivity index (χ0n) is 57.5. The van der Waals surface area contributed by atoms with Crippen LogP contribution in [0.5, 0.6) is 0 Å². The van der Waals surface area contributed by atoms with Gasteiger partial charge in [0.15, 0.2) is 46.4 Å². The number of furan rings is 1. The average molecular weight is 1440 g/mol. The predicted octanol–water partition coefficient (Wildman–Crippen LogP) is 23.9. The molecular weight excluding hydrogens is 1390 g/mol. The molecule has 0 aliphatic rings. The van der Waals surface area contributed by atoms with E-state index in [2.05, 4.69) is 132 Å². The summed E-state index contributed by atoms with van der Waals surface area (Å²) < 4.78 is 8.06. The molecule has 20 aromatic rings. The number of benzene rings is 11. The van der Waals surface area contributed by atoms with Crippen molar-refractivity contribution in [1.82, 2.24) is 59.8 Å². The maximum atomic E-state index is 5.78. The van der Waals surface area contributed by atoms with Crippen LogP contribution >= 0.6 is 34.0 Å². The van der Waals surface area contributed by atoms with Crippen LogP contribution in [0.1, 0.15) is 0 Å². The Labute approximate surface area is 632 Å². The Bertz CT molecular complexity index is 6080. The van der Waals surface area contributed by atoms with Gasteiger partial charge in [0.2, 0.25) is 0 Å². The molecule has 0 fully saturated rings. The topological polar surface area (TPSA) is 168 Å². The number of thiazole rings is 1. The van der Waals surface area contributed by atoms with E-state index in [1.54, 1.807) is 40.3 Å². The number of aromatic nitrogens is 12. The van der Waals surface area contributed by atoms with Crippen LogP contribution in [0.25, 0.3) is 188 Å². The maximum absolute atomic E-state index is 5.78. The summed E-state index contributed by atoms with van der Waals surface area (Å²) in [7, 11) is 0. The molecular formula is C92H58N12OS3. The number of fused-ring (bicyclic) bond motifs is 4. The summed E-state index contributed by atoms with van der Waals surface area (Å²) in [5.74, 6) is 4.68. The molecule has 0 N–H and O–H groups in total. The first-order chi connectivity index (χ1) is 53.5. The molecule has 108 heavy (non-hydrogen) atoms. The molecule has 9 aromatic heterocycles.